The van der Waals surface area contributed by atoms with E-state index in [0.717, 1.165) is 29.6 Å². The van der Waals surface area contributed by atoms with Gasteiger partial charge in [0.05, 0.1) is 6.61 Å². The molecule has 0 bridgehead atoms. The summed E-state index contributed by atoms with van der Waals surface area (Å²) in [5, 5.41) is 8.58. The quantitative estimate of drug-likeness (QED) is 0.324. The lowest BCUT2D eigenvalue weighted by atomic mass is 10.1. The van der Waals surface area contributed by atoms with E-state index in [1.807, 2.05) is 60.7 Å². The highest BCUT2D eigenvalue weighted by molar-refractivity contribution is 6.81. The smallest absolute Gasteiger partial charge is 0.452 e. The number of amides is 2. The highest BCUT2D eigenvalue weighted by Crippen LogP contribution is 2.05. The molecule has 0 N–H and O–H groups in total. The van der Waals surface area contributed by atoms with Crippen molar-refractivity contribution in [2.24, 2.45) is 10.2 Å². The van der Waals surface area contributed by atoms with Crippen molar-refractivity contribution in [1.82, 2.24) is 0 Å². The topological polar surface area (TPSA) is 77.3 Å². The molecule has 2 aromatic carbocycles. The Balaban J connectivity index is 1.83. The number of hydrogen-bond acceptors (Lipinski definition) is 4. The van der Waals surface area contributed by atoms with Gasteiger partial charge in [-0.15, -0.1) is 0 Å². The van der Waals surface area contributed by atoms with E-state index in [-0.39, 0.29) is 6.61 Å². The summed E-state index contributed by atoms with van der Waals surface area (Å²) in [5.41, 5.74) is 0. The van der Waals surface area contributed by atoms with Gasteiger partial charge in [-0.05, 0) is 16.8 Å². The van der Waals surface area contributed by atoms with Gasteiger partial charge < -0.3 is 9.16 Å². The van der Waals surface area contributed by atoms with Gasteiger partial charge in [0.25, 0.3) is 0 Å². The van der Waals surface area contributed by atoms with E-state index in [9.17, 15) is 9.59 Å². The van der Waals surface area contributed by atoms with Crippen LogP contribution in [0.4, 0.5) is 9.59 Å². The molecule has 0 radical (unpaired) electrons. The van der Waals surface area contributed by atoms with Gasteiger partial charge in [-0.1, -0.05) is 110 Å². The first-order valence-electron chi connectivity index (χ1n) is 10.1. The van der Waals surface area contributed by atoms with Gasteiger partial charge in [0.15, 0.2) is 0 Å². The Morgan fingerprint density at radius 2 is 1.28 bits per heavy atom. The van der Waals surface area contributed by atoms with Crippen molar-refractivity contribution in [3.8, 4) is 0 Å². The Morgan fingerprint density at radius 3 is 1.86 bits per heavy atom. The SMILES string of the molecule is CCCCCCCCOC(=O)N=NC(=O)O[SiH](c1ccccc1)c1ccccc1. The third-order valence-electron chi connectivity index (χ3n) is 4.36. The zero-order valence-corrected chi connectivity index (χ0v) is 18.0. The van der Waals surface area contributed by atoms with E-state index in [0.29, 0.717) is 0 Å². The summed E-state index contributed by atoms with van der Waals surface area (Å²) in [6.07, 6.45) is 4.80. The molecule has 0 aliphatic heterocycles. The van der Waals surface area contributed by atoms with Crippen molar-refractivity contribution in [3.05, 3.63) is 60.7 Å². The summed E-state index contributed by atoms with van der Waals surface area (Å²) in [4.78, 5) is 23.8. The standard InChI is InChI=1S/C22H28N2O4Si/c1-2-3-4-5-6-13-18-27-21(25)23-24-22(26)28-29(19-14-9-7-10-15-19)20-16-11-8-12-17-20/h7-12,14-17,29H,2-6,13,18H2,1H3. The van der Waals surface area contributed by atoms with E-state index in [2.05, 4.69) is 17.2 Å². The minimum Gasteiger partial charge on any atom is -0.495 e. The van der Waals surface area contributed by atoms with Crippen LogP contribution in [0.2, 0.25) is 0 Å². The normalized spacial score (nSPS) is 11.0. The highest BCUT2D eigenvalue weighted by atomic mass is 28.3. The number of nitrogens with zero attached hydrogens (tertiary/aromatic N) is 2. The second-order valence-corrected chi connectivity index (χ2v) is 9.00. The van der Waals surface area contributed by atoms with E-state index in [1.54, 1.807) is 0 Å². The summed E-state index contributed by atoms with van der Waals surface area (Å²) in [6.45, 7) is 2.45. The highest BCUT2D eigenvalue weighted by Gasteiger charge is 2.22. The number of hydrogen-bond donors (Lipinski definition) is 0. The van der Waals surface area contributed by atoms with Crippen molar-refractivity contribution in [1.29, 1.82) is 0 Å². The number of unbranched alkanes of at least 4 members (excludes halogenated alkanes) is 5. The first-order valence-corrected chi connectivity index (χ1v) is 11.7. The van der Waals surface area contributed by atoms with E-state index >= 15 is 0 Å². The minimum atomic E-state index is -2.27. The van der Waals surface area contributed by atoms with Gasteiger partial charge in [-0.3, -0.25) is 0 Å². The largest absolute Gasteiger partial charge is 0.495 e. The molecule has 0 spiro atoms. The molecule has 0 aliphatic rings. The van der Waals surface area contributed by atoms with Crippen molar-refractivity contribution in [2.45, 2.75) is 45.4 Å². The molecule has 0 unspecified atom stereocenters. The third kappa shape index (κ3) is 8.82. The molecule has 2 amide bonds. The van der Waals surface area contributed by atoms with Gasteiger partial charge in [0.2, 0.25) is 0 Å². The first kappa shape index (κ1) is 22.5. The van der Waals surface area contributed by atoms with Crippen LogP contribution in [0.15, 0.2) is 70.9 Å². The second-order valence-electron chi connectivity index (χ2n) is 6.67. The van der Waals surface area contributed by atoms with Gasteiger partial charge >= 0.3 is 21.2 Å². The van der Waals surface area contributed by atoms with Gasteiger partial charge in [-0.2, -0.15) is 0 Å². The summed E-state index contributed by atoms with van der Waals surface area (Å²) in [6, 6.07) is 19.1. The molecule has 0 atom stereocenters. The van der Waals surface area contributed by atoms with Crippen LogP contribution in [0, 0.1) is 0 Å². The van der Waals surface area contributed by atoms with E-state index in [4.69, 9.17) is 9.16 Å². The Bertz CT molecular complexity index is 729. The molecule has 154 valence electrons. The molecular weight excluding hydrogens is 384 g/mol. The molecule has 0 aliphatic carbocycles. The Morgan fingerprint density at radius 1 is 0.759 bits per heavy atom. The Labute approximate surface area is 173 Å². The number of azo groups is 1. The number of rotatable bonds is 10. The fourth-order valence-corrected chi connectivity index (χ4v) is 4.91. The minimum absolute atomic E-state index is 0.282. The van der Waals surface area contributed by atoms with Gasteiger partial charge in [0, 0.05) is 0 Å². The van der Waals surface area contributed by atoms with Crippen LogP contribution >= 0.6 is 0 Å². The molecule has 0 saturated heterocycles. The van der Waals surface area contributed by atoms with E-state index < -0.39 is 21.2 Å². The van der Waals surface area contributed by atoms with Crippen molar-refractivity contribution in [3.63, 3.8) is 0 Å². The maximum Gasteiger partial charge on any atom is 0.452 e. The molecule has 0 heterocycles. The van der Waals surface area contributed by atoms with Crippen LogP contribution in [-0.4, -0.2) is 27.8 Å². The molecule has 29 heavy (non-hydrogen) atoms. The van der Waals surface area contributed by atoms with Gasteiger partial charge in [0.1, 0.15) is 0 Å². The van der Waals surface area contributed by atoms with Crippen LogP contribution < -0.4 is 10.4 Å². The zero-order chi connectivity index (χ0) is 20.7. The maximum absolute atomic E-state index is 12.1. The average molecular weight is 413 g/mol. The number of benzene rings is 2. The van der Waals surface area contributed by atoms with E-state index in [1.165, 1.54) is 19.3 Å². The van der Waals surface area contributed by atoms with Crippen molar-refractivity contribution in [2.75, 3.05) is 6.61 Å². The molecule has 7 heteroatoms. The lowest BCUT2D eigenvalue weighted by Gasteiger charge is -2.15. The fraction of sp³-hybridized carbons (Fsp3) is 0.364. The Hall–Kier alpha value is -2.80. The fourth-order valence-electron chi connectivity index (χ4n) is 2.86. The Kier molecular flexibility index (Phi) is 10.4. The van der Waals surface area contributed by atoms with Crippen LogP contribution in [0.1, 0.15) is 45.4 Å². The van der Waals surface area contributed by atoms with Crippen LogP contribution in [-0.2, 0) is 9.16 Å². The number of carbonyl (C=O) groups excluding carboxylic acids is 2. The zero-order valence-electron chi connectivity index (χ0n) is 16.8. The second kappa shape index (κ2) is 13.4. The average Bonchev–Trinajstić information content (AvgIpc) is 2.76. The summed E-state index contributed by atoms with van der Waals surface area (Å²) >= 11 is 0. The molecule has 0 saturated carbocycles. The predicted molar refractivity (Wildman–Crippen MR) is 115 cm³/mol. The number of ether oxygens (including phenoxy) is 1. The molecule has 0 fully saturated rings. The van der Waals surface area contributed by atoms with Crippen molar-refractivity contribution >= 4 is 31.6 Å². The number of carbonyl (C=O) groups is 2. The molecule has 6 nitrogen and oxygen atoms in total. The van der Waals surface area contributed by atoms with Crippen molar-refractivity contribution < 1.29 is 18.8 Å². The summed E-state index contributed by atoms with van der Waals surface area (Å²) < 4.78 is 10.6. The van der Waals surface area contributed by atoms with Crippen LogP contribution in [0.5, 0.6) is 0 Å². The lowest BCUT2D eigenvalue weighted by Crippen LogP contribution is -2.45. The van der Waals surface area contributed by atoms with Gasteiger partial charge in [-0.25, -0.2) is 9.59 Å². The summed E-state index contributed by atoms with van der Waals surface area (Å²) in [7, 11) is -2.27. The lowest BCUT2D eigenvalue weighted by molar-refractivity contribution is 0.152. The summed E-state index contributed by atoms with van der Waals surface area (Å²) in [5.74, 6) is 0. The molecule has 2 aromatic rings. The predicted octanol–water partition coefficient (Wildman–Crippen LogP) is 4.61. The maximum atomic E-state index is 12.1. The molecule has 0 aromatic heterocycles. The van der Waals surface area contributed by atoms with Crippen LogP contribution in [0.3, 0.4) is 0 Å². The molecule has 2 rings (SSSR count). The first-order chi connectivity index (χ1) is 14.2. The third-order valence-corrected chi connectivity index (χ3v) is 6.78. The molecular formula is C22H28N2O4Si. The monoisotopic (exact) mass is 412 g/mol. The van der Waals surface area contributed by atoms with Crippen LogP contribution in [0.25, 0.3) is 0 Å².